The second kappa shape index (κ2) is 9.39. The van der Waals surface area contributed by atoms with Crippen molar-refractivity contribution in [3.8, 4) is 11.3 Å². The molecule has 1 saturated carbocycles. The first kappa shape index (κ1) is 24.0. The quantitative estimate of drug-likeness (QED) is 0.349. The molecule has 0 radical (unpaired) electrons. The number of nitrogens with one attached hydrogen (secondary N) is 2. The van der Waals surface area contributed by atoms with Crippen LogP contribution in [0.4, 0.5) is 5.82 Å². The van der Waals surface area contributed by atoms with E-state index in [1.165, 1.54) is 38.1 Å². The van der Waals surface area contributed by atoms with Gasteiger partial charge in [0, 0.05) is 54.1 Å². The molecule has 2 aliphatic rings. The number of hydrogen-bond acceptors (Lipinski definition) is 5. The first-order valence-corrected chi connectivity index (χ1v) is 13.5. The molecule has 0 unspecified atom stereocenters. The van der Waals surface area contributed by atoms with Crippen molar-refractivity contribution >= 4 is 39.6 Å². The Hall–Kier alpha value is -2.71. The Labute approximate surface area is 211 Å². The summed E-state index contributed by atoms with van der Waals surface area (Å²) in [5.74, 6) is 2.06. The molecule has 0 aromatic carbocycles. The van der Waals surface area contributed by atoms with Crippen LogP contribution in [0.3, 0.4) is 0 Å². The number of hydrogen-bond donors (Lipinski definition) is 3. The number of carbonyl (C=O) groups is 1. The van der Waals surface area contributed by atoms with Gasteiger partial charge in [0.1, 0.15) is 4.83 Å². The second-order valence-corrected chi connectivity index (χ2v) is 11.4. The summed E-state index contributed by atoms with van der Waals surface area (Å²) in [6.45, 7) is 14.5. The van der Waals surface area contributed by atoms with Crippen LogP contribution in [0.2, 0.25) is 0 Å². The number of pyridine rings is 1. The number of rotatable bonds is 5. The molecule has 8 heteroatoms. The van der Waals surface area contributed by atoms with Gasteiger partial charge in [-0.1, -0.05) is 13.8 Å². The van der Waals surface area contributed by atoms with E-state index in [1.807, 2.05) is 24.5 Å². The molecule has 35 heavy (non-hydrogen) atoms. The Morgan fingerprint density at radius 1 is 1.20 bits per heavy atom. The molecule has 1 aliphatic heterocycles. The molecule has 1 aliphatic carbocycles. The van der Waals surface area contributed by atoms with E-state index in [0.717, 1.165) is 55.8 Å². The third kappa shape index (κ3) is 4.06. The fraction of sp³-hybridized carbons (Fsp3) is 0.519. The molecule has 0 spiro atoms. The molecule has 7 nitrogen and oxygen atoms in total. The normalized spacial score (nSPS) is 20.8. The summed E-state index contributed by atoms with van der Waals surface area (Å²) in [6, 6.07) is 0. The Kier molecular flexibility index (Phi) is 6.44. The summed E-state index contributed by atoms with van der Waals surface area (Å²) >= 11 is 1.87. The number of thiophene rings is 1. The lowest BCUT2D eigenvalue weighted by atomic mass is 9.72. The lowest BCUT2D eigenvalue weighted by molar-refractivity contribution is -0.139. The lowest BCUT2D eigenvalue weighted by Crippen LogP contribution is -2.50. The number of piperazine rings is 1. The van der Waals surface area contributed by atoms with Gasteiger partial charge in [-0.2, -0.15) is 0 Å². The fourth-order valence-corrected chi connectivity index (χ4v) is 7.10. The summed E-state index contributed by atoms with van der Waals surface area (Å²) in [5, 5.41) is 4.69. The summed E-state index contributed by atoms with van der Waals surface area (Å²) < 4.78 is 0. The largest absolute Gasteiger partial charge is 0.390 e. The van der Waals surface area contributed by atoms with Gasteiger partial charge in [-0.3, -0.25) is 4.79 Å². The number of carbonyl (C=O) groups excluding carboxylic acids is 1. The van der Waals surface area contributed by atoms with Crippen LogP contribution in [0.25, 0.3) is 21.5 Å². The minimum atomic E-state index is 0.185. The third-order valence-electron chi connectivity index (χ3n) is 7.91. The minimum absolute atomic E-state index is 0.185. The van der Waals surface area contributed by atoms with Gasteiger partial charge >= 0.3 is 0 Å². The topological polar surface area (TPSA) is 99.4 Å². The van der Waals surface area contributed by atoms with E-state index in [0.29, 0.717) is 23.6 Å². The minimum Gasteiger partial charge on any atom is -0.390 e. The van der Waals surface area contributed by atoms with E-state index in [4.69, 9.17) is 5.73 Å². The highest BCUT2D eigenvalue weighted by Gasteiger charge is 2.40. The summed E-state index contributed by atoms with van der Waals surface area (Å²) in [4.78, 5) is 30.2. The summed E-state index contributed by atoms with van der Waals surface area (Å²) in [6.07, 6.45) is 5.16. The standard InChI is InChI=1S/C27H36N6OS/c1-14(2)21-22-17(5)24(18-10-19(11-18)27(34)33-8-6-29-7-9-33)35-26(22)32-23(21)20-12-30-25(31-13-28)16(4)15(20)3/h12-14,18-19,29,32H,6-11H2,1-5H3,(H2,28,30,31). The maximum Gasteiger partial charge on any atom is 0.225 e. The number of amides is 1. The average molecular weight is 493 g/mol. The lowest BCUT2D eigenvalue weighted by Gasteiger charge is -2.39. The van der Waals surface area contributed by atoms with Crippen LogP contribution >= 0.6 is 11.3 Å². The number of aryl methyl sites for hydroxylation is 1. The van der Waals surface area contributed by atoms with Crippen LogP contribution in [-0.4, -0.2) is 53.3 Å². The smallest absolute Gasteiger partial charge is 0.225 e. The molecule has 0 atom stereocenters. The van der Waals surface area contributed by atoms with Crippen LogP contribution in [0, 0.1) is 26.7 Å². The van der Waals surface area contributed by atoms with Gasteiger partial charge in [-0.05, 0) is 67.7 Å². The molecule has 3 aromatic rings. The van der Waals surface area contributed by atoms with Crippen molar-refractivity contribution in [3.63, 3.8) is 0 Å². The van der Waals surface area contributed by atoms with Crippen molar-refractivity contribution < 1.29 is 4.79 Å². The zero-order valence-corrected chi connectivity index (χ0v) is 22.2. The molecule has 4 N–H and O–H groups in total. The molecule has 0 bridgehead atoms. The molecule has 1 saturated heterocycles. The Bertz CT molecular complexity index is 1290. The van der Waals surface area contributed by atoms with E-state index in [-0.39, 0.29) is 5.92 Å². The highest BCUT2D eigenvalue weighted by Crippen LogP contribution is 2.51. The molecule has 1 amide bonds. The number of fused-ring (bicyclic) bond motifs is 1. The van der Waals surface area contributed by atoms with E-state index >= 15 is 0 Å². The maximum atomic E-state index is 12.9. The number of nitrogens with two attached hydrogens (primary N) is 1. The zero-order valence-electron chi connectivity index (χ0n) is 21.4. The molecular formula is C27H36N6OS. The second-order valence-electron chi connectivity index (χ2n) is 10.3. The predicted molar refractivity (Wildman–Crippen MR) is 145 cm³/mol. The highest BCUT2D eigenvalue weighted by molar-refractivity contribution is 7.19. The van der Waals surface area contributed by atoms with E-state index in [9.17, 15) is 4.79 Å². The molecular weight excluding hydrogens is 456 g/mol. The van der Waals surface area contributed by atoms with Gasteiger partial charge in [0.05, 0.1) is 12.0 Å². The summed E-state index contributed by atoms with van der Waals surface area (Å²) in [5.41, 5.74) is 12.7. The SMILES string of the molecule is Cc1c(-c2[nH]c3sc(C4CC(C(=O)N5CCNCC5)C4)c(C)c3c2C(C)C)cnc(N=CN)c1C. The zero-order chi connectivity index (χ0) is 24.9. The average Bonchev–Trinajstić information content (AvgIpc) is 3.33. The predicted octanol–water partition coefficient (Wildman–Crippen LogP) is 4.88. The van der Waals surface area contributed by atoms with E-state index in [1.54, 1.807) is 0 Å². The first-order valence-electron chi connectivity index (χ1n) is 12.7. The van der Waals surface area contributed by atoms with Crippen molar-refractivity contribution in [2.45, 2.75) is 59.3 Å². The van der Waals surface area contributed by atoms with Crippen LogP contribution in [0.5, 0.6) is 0 Å². The fourth-order valence-electron chi connectivity index (χ4n) is 5.75. The van der Waals surface area contributed by atoms with Crippen LogP contribution in [0.1, 0.15) is 65.7 Å². The van der Waals surface area contributed by atoms with Gasteiger partial charge in [0.2, 0.25) is 5.91 Å². The Balaban J connectivity index is 1.45. The van der Waals surface area contributed by atoms with Crippen LogP contribution in [0.15, 0.2) is 11.2 Å². The van der Waals surface area contributed by atoms with E-state index in [2.05, 4.69) is 52.9 Å². The van der Waals surface area contributed by atoms with Gasteiger partial charge in [0.25, 0.3) is 0 Å². The molecule has 2 fully saturated rings. The van der Waals surface area contributed by atoms with Crippen molar-refractivity contribution in [3.05, 3.63) is 33.3 Å². The third-order valence-corrected chi connectivity index (χ3v) is 9.28. The number of aromatic nitrogens is 2. The Morgan fingerprint density at radius 2 is 1.91 bits per heavy atom. The number of H-pyrrole nitrogens is 1. The van der Waals surface area contributed by atoms with Crippen LogP contribution < -0.4 is 11.1 Å². The molecule has 3 aromatic heterocycles. The molecule has 4 heterocycles. The van der Waals surface area contributed by atoms with Crippen molar-refractivity contribution in [1.29, 1.82) is 0 Å². The molecule has 5 rings (SSSR count). The van der Waals surface area contributed by atoms with Crippen molar-refractivity contribution in [1.82, 2.24) is 20.2 Å². The van der Waals surface area contributed by atoms with E-state index < -0.39 is 0 Å². The van der Waals surface area contributed by atoms with Gasteiger partial charge in [0.15, 0.2) is 5.82 Å². The van der Waals surface area contributed by atoms with Gasteiger partial charge in [-0.25, -0.2) is 9.98 Å². The molecule has 186 valence electrons. The van der Waals surface area contributed by atoms with Gasteiger partial charge < -0.3 is 20.9 Å². The monoisotopic (exact) mass is 492 g/mol. The first-order chi connectivity index (χ1) is 16.8. The highest BCUT2D eigenvalue weighted by atomic mass is 32.1. The van der Waals surface area contributed by atoms with Crippen molar-refractivity contribution in [2.75, 3.05) is 26.2 Å². The van der Waals surface area contributed by atoms with Gasteiger partial charge in [-0.15, -0.1) is 11.3 Å². The maximum absolute atomic E-state index is 12.9. The number of aliphatic imine (C=N–C) groups is 1. The summed E-state index contributed by atoms with van der Waals surface area (Å²) in [7, 11) is 0. The Morgan fingerprint density at radius 3 is 2.57 bits per heavy atom. The number of nitrogens with zero attached hydrogens (tertiary/aromatic N) is 3. The van der Waals surface area contributed by atoms with Crippen molar-refractivity contribution in [2.24, 2.45) is 16.6 Å². The van der Waals surface area contributed by atoms with Crippen LogP contribution in [-0.2, 0) is 4.79 Å². The number of aromatic amines is 1.